The molecule has 0 radical (unpaired) electrons. The third-order valence-electron chi connectivity index (χ3n) is 16.6. The number of carbonyl (C=O) groups excluding carboxylic acids is 1. The summed E-state index contributed by atoms with van der Waals surface area (Å²) in [6.07, 6.45) is 4.07. The standard InChI is InChI=1S/C53H69N10O21P3S2/c54-52-59-49-42(50(67)60-52)58-53(63(49)51-46(66)45(65)38(81-51)29-80-86(71,72)84-87(73,74)83-85(68,69)70)56-20-6-2-1-5-19-55-40(64)16-4-3-7-21-57-88(75,76)32-17-18-33(39(28-32)89(77,78)79)41-36-26-30-12-8-22-61-24-10-14-34(43(30)61)47(36)82-48-35-15-11-25-62-23-9-13-31(44(35)62)27-37(41)48/h17-18,26-28,38,45-46,51,57,65-66H,1-16,19-25,29H2,(H9-,54,55,56,58,59,60,64,67,68,69,70,71,72,73,74,77,78,79)/p+1/t38-,45-,46-,51-/m1/s1. The van der Waals surface area contributed by atoms with Crippen molar-refractivity contribution < 1.29 is 92.3 Å². The van der Waals surface area contributed by atoms with Crippen molar-refractivity contribution >= 4 is 83.8 Å². The van der Waals surface area contributed by atoms with Crippen LogP contribution < -0.4 is 51.4 Å². The number of hydrogen-bond donors (Lipinski definition) is 12. The number of unbranched alkanes of at least 4 members (excludes halogenated alkanes) is 5. The number of phosphoric ester groups is 1. The number of amides is 1. The fourth-order valence-electron chi connectivity index (χ4n) is 12.8. The molecule has 11 rings (SSSR count). The number of nitrogens with two attached hydrogens (primary N) is 1. The number of benzene rings is 3. The maximum atomic E-state index is 13.9. The van der Waals surface area contributed by atoms with Crippen LogP contribution >= 0.6 is 23.5 Å². The number of imidazole rings is 1. The van der Waals surface area contributed by atoms with Crippen LogP contribution in [0.4, 0.5) is 17.6 Å². The van der Waals surface area contributed by atoms with Crippen LogP contribution in [0.2, 0.25) is 0 Å². The molecule has 0 saturated carbocycles. The molecule has 0 bridgehead atoms. The molecule has 89 heavy (non-hydrogen) atoms. The highest BCUT2D eigenvalue weighted by atomic mass is 32.2. The maximum Gasteiger partial charge on any atom is 0.490 e. The number of hydrogen-bond acceptors (Lipinski definition) is 21. The van der Waals surface area contributed by atoms with E-state index in [4.69, 9.17) is 25.0 Å². The van der Waals surface area contributed by atoms with Crippen LogP contribution in [0.5, 0.6) is 11.5 Å². The number of H-pyrrole nitrogens is 1. The van der Waals surface area contributed by atoms with Crippen molar-refractivity contribution in [1.29, 1.82) is 0 Å². The molecule has 2 aromatic heterocycles. The zero-order chi connectivity index (χ0) is 63.4. The number of phosphoric acid groups is 3. The summed E-state index contributed by atoms with van der Waals surface area (Å²) in [5.74, 6) is 0.754. The largest absolute Gasteiger partial charge is 0.490 e. The summed E-state index contributed by atoms with van der Waals surface area (Å²) in [6, 6.07) is 8.10. The first-order valence-electron chi connectivity index (χ1n) is 29.3. The van der Waals surface area contributed by atoms with Crippen molar-refractivity contribution in [2.45, 2.75) is 137 Å². The molecule has 36 heteroatoms. The third-order valence-corrected chi connectivity index (χ3v) is 22.7. The Morgan fingerprint density at radius 3 is 2.25 bits per heavy atom. The Balaban J connectivity index is 0.658. The van der Waals surface area contributed by atoms with Gasteiger partial charge in [0.15, 0.2) is 17.4 Å². The number of fused-ring (bicyclic) bond motifs is 5. The van der Waals surface area contributed by atoms with E-state index >= 15 is 0 Å². The highest BCUT2D eigenvalue weighted by Crippen LogP contribution is 2.66. The predicted octanol–water partition coefficient (Wildman–Crippen LogP) is 1.97. The molecule has 3 aromatic carbocycles. The SMILES string of the molecule is Nc1nc2c(nc(NCCCCCCNC(=O)CCCCCNS(=O)(=O)c3ccc(C4=c5cc6c7c(c5Oc5c4cc4c8c5CCCN8CCC4)CCC[N+]=7CCC6)c(S(=O)(=O)O)c3)n2[C@@H]2O[C@H](COP(=O)(O)OP(=O)(O)OP(=O)(O)O)[C@@H](O)[C@H]2O)c(=O)[nH]1. The summed E-state index contributed by atoms with van der Waals surface area (Å²) in [4.78, 5) is 74.7. The van der Waals surface area contributed by atoms with Gasteiger partial charge in [-0.25, -0.2) is 36.4 Å². The minimum atomic E-state index is -5.86. The van der Waals surface area contributed by atoms with Crippen LogP contribution in [0.15, 0.2) is 44.9 Å². The molecule has 1 saturated heterocycles. The lowest BCUT2D eigenvalue weighted by Gasteiger charge is -2.39. The number of aliphatic hydroxyl groups excluding tert-OH is 2. The summed E-state index contributed by atoms with van der Waals surface area (Å²) in [5.41, 5.74) is 11.7. The minimum absolute atomic E-state index is 0.00190. The van der Waals surface area contributed by atoms with Gasteiger partial charge in [0, 0.05) is 90.7 Å². The number of aromatic amines is 1. The molecule has 13 N–H and O–H groups in total. The van der Waals surface area contributed by atoms with E-state index in [1.807, 2.05) is 0 Å². The Labute approximate surface area is 509 Å². The van der Waals surface area contributed by atoms with Gasteiger partial charge in [-0.15, -0.1) is 0 Å². The van der Waals surface area contributed by atoms with Crippen molar-refractivity contribution in [1.82, 2.24) is 34.1 Å². The second-order valence-electron chi connectivity index (χ2n) is 22.7. The summed E-state index contributed by atoms with van der Waals surface area (Å²) in [5, 5.41) is 29.6. The van der Waals surface area contributed by atoms with E-state index in [0.717, 1.165) is 121 Å². The number of nitrogens with one attached hydrogen (secondary N) is 4. The minimum Gasteiger partial charge on any atom is -0.455 e. The summed E-state index contributed by atoms with van der Waals surface area (Å²) < 4.78 is 132. The first-order valence-corrected chi connectivity index (χ1v) is 36.7. The van der Waals surface area contributed by atoms with Gasteiger partial charge in [0.1, 0.15) is 47.8 Å². The van der Waals surface area contributed by atoms with Crippen molar-refractivity contribution in [3.8, 4) is 11.5 Å². The van der Waals surface area contributed by atoms with Crippen LogP contribution in [0.3, 0.4) is 0 Å². The fraction of sp³-hybridized carbons (Fsp3) is 0.528. The molecular formula is C53H70N10O21P3S2+. The lowest BCUT2D eigenvalue weighted by atomic mass is 9.82. The van der Waals surface area contributed by atoms with Crippen molar-refractivity contribution in [3.05, 3.63) is 84.6 Å². The highest BCUT2D eigenvalue weighted by molar-refractivity contribution is 7.89. The first kappa shape index (κ1) is 65.0. The van der Waals surface area contributed by atoms with E-state index in [1.54, 1.807) is 0 Å². The molecule has 31 nitrogen and oxygen atoms in total. The van der Waals surface area contributed by atoms with Crippen LogP contribution in [-0.2, 0) is 82.2 Å². The van der Waals surface area contributed by atoms with Crippen LogP contribution in [0.1, 0.15) is 117 Å². The quantitative estimate of drug-likeness (QED) is 0.0160. The average Bonchev–Trinajstić information content (AvgIpc) is 1.30. The molecule has 2 unspecified atom stereocenters. The summed E-state index contributed by atoms with van der Waals surface area (Å²) in [7, 11) is -26.5. The van der Waals surface area contributed by atoms with Gasteiger partial charge in [-0.05, 0) is 94.0 Å². The zero-order valence-corrected chi connectivity index (χ0v) is 52.3. The second kappa shape index (κ2) is 25.9. The van der Waals surface area contributed by atoms with Crippen molar-refractivity contribution in [3.63, 3.8) is 0 Å². The van der Waals surface area contributed by atoms with Gasteiger partial charge in [-0.3, -0.25) is 28.2 Å². The van der Waals surface area contributed by atoms with E-state index < -0.39 is 85.2 Å². The topological polar surface area (TPSA) is 456 Å². The number of aryl methyl sites for hydroxylation is 2. The molecular weight excluding hydrogens is 1270 g/mol. The van der Waals surface area contributed by atoms with Crippen molar-refractivity contribution in [2.75, 3.05) is 68.4 Å². The molecule has 1 fully saturated rings. The molecule has 1 amide bonds. The molecule has 484 valence electrons. The molecule has 0 spiro atoms. The van der Waals surface area contributed by atoms with E-state index in [0.29, 0.717) is 68.6 Å². The summed E-state index contributed by atoms with van der Waals surface area (Å²) >= 11 is 0. The van der Waals surface area contributed by atoms with Gasteiger partial charge in [-0.2, -0.15) is 22.0 Å². The number of rotatable bonds is 26. The van der Waals surface area contributed by atoms with Gasteiger partial charge in [-0.1, -0.05) is 25.3 Å². The number of nitrogen functional groups attached to an aromatic ring is 1. The number of anilines is 3. The molecule has 5 aromatic rings. The Morgan fingerprint density at radius 2 is 1.49 bits per heavy atom. The van der Waals surface area contributed by atoms with Crippen molar-refractivity contribution in [2.24, 2.45) is 0 Å². The normalized spacial score (nSPS) is 21.1. The Bertz CT molecular complexity index is 4220. The van der Waals surface area contributed by atoms with Gasteiger partial charge >= 0.3 is 23.5 Å². The summed E-state index contributed by atoms with van der Waals surface area (Å²) in [6.45, 7) is 3.28. The smallest absolute Gasteiger partial charge is 0.455 e. The highest BCUT2D eigenvalue weighted by Gasteiger charge is 2.48. The fourth-order valence-corrected chi connectivity index (χ4v) is 17.7. The number of nitrogens with zero attached hydrogens (tertiary/aromatic N) is 5. The number of ether oxygens (including phenoxy) is 2. The molecule has 6 atom stereocenters. The number of carbonyl (C=O) groups is 1. The third kappa shape index (κ3) is 14.1. The molecule has 0 aliphatic carbocycles. The second-order valence-corrected chi connectivity index (χ2v) is 30.3. The van der Waals surface area contributed by atoms with Gasteiger partial charge in [0.25, 0.3) is 15.7 Å². The maximum absolute atomic E-state index is 13.9. The monoisotopic (exact) mass is 1340 g/mol. The molecule has 8 heterocycles. The van der Waals surface area contributed by atoms with E-state index in [2.05, 4.69) is 65.1 Å². The first-order chi connectivity index (χ1) is 42.2. The number of aliphatic hydroxyl groups is 2. The predicted molar refractivity (Wildman–Crippen MR) is 318 cm³/mol. The Kier molecular flexibility index (Phi) is 18.9. The van der Waals surface area contributed by atoms with E-state index in [-0.39, 0.29) is 58.9 Å². The lowest BCUT2D eigenvalue weighted by Crippen LogP contribution is -2.45. The van der Waals surface area contributed by atoms with E-state index in [9.17, 15) is 64.7 Å². The van der Waals surface area contributed by atoms with Gasteiger partial charge < -0.3 is 60.5 Å². The molecule has 6 aliphatic rings. The average molecular weight is 1340 g/mol. The number of aromatic nitrogens is 4. The zero-order valence-electron chi connectivity index (χ0n) is 48.0. The van der Waals surface area contributed by atoms with Gasteiger partial charge in [0.2, 0.25) is 33.2 Å². The van der Waals surface area contributed by atoms with Crippen LogP contribution in [0, 0.1) is 0 Å². The van der Waals surface area contributed by atoms with Crippen LogP contribution in [0.25, 0.3) is 16.7 Å². The van der Waals surface area contributed by atoms with Crippen LogP contribution in [-0.4, -0.2) is 147 Å². The Morgan fingerprint density at radius 1 is 0.798 bits per heavy atom. The molecule has 6 aliphatic heterocycles. The Hall–Kier alpha value is -5.54. The van der Waals surface area contributed by atoms with Gasteiger partial charge in [0.05, 0.1) is 17.1 Å². The number of sulfonamides is 1. The lowest BCUT2D eigenvalue weighted by molar-refractivity contribution is -0.121. The van der Waals surface area contributed by atoms with E-state index in [1.165, 1.54) is 23.2 Å².